The molecular formula is C14H23N3O2. The number of pyridine rings is 1. The molecule has 1 heterocycles. The van der Waals surface area contributed by atoms with Gasteiger partial charge in [-0.2, -0.15) is 0 Å². The number of likely N-dealkylation sites (N-methyl/N-ethyl adjacent to an activating group) is 1. The fourth-order valence-electron chi connectivity index (χ4n) is 1.23. The molecule has 0 fully saturated rings. The monoisotopic (exact) mass is 265 g/mol. The molecule has 1 aromatic heterocycles. The summed E-state index contributed by atoms with van der Waals surface area (Å²) in [6.07, 6.45) is 1.64. The highest BCUT2D eigenvalue weighted by Crippen LogP contribution is 2.10. The molecule has 0 atom stereocenters. The minimum atomic E-state index is -0.0709. The Morgan fingerprint density at radius 1 is 1.37 bits per heavy atom. The number of ether oxygens (including phenoxy) is 1. The van der Waals surface area contributed by atoms with Crippen molar-refractivity contribution < 1.29 is 9.53 Å². The van der Waals surface area contributed by atoms with E-state index in [-0.39, 0.29) is 18.1 Å². The van der Waals surface area contributed by atoms with Crippen molar-refractivity contribution in [1.29, 1.82) is 0 Å². The highest BCUT2D eigenvalue weighted by molar-refractivity contribution is 5.77. The first-order chi connectivity index (χ1) is 8.78. The largest absolute Gasteiger partial charge is 0.482 e. The zero-order valence-corrected chi connectivity index (χ0v) is 12.4. The van der Waals surface area contributed by atoms with Gasteiger partial charge >= 0.3 is 0 Å². The topological polar surface area (TPSA) is 54.5 Å². The summed E-state index contributed by atoms with van der Waals surface area (Å²) in [6, 6.07) is 3.73. The lowest BCUT2D eigenvalue weighted by molar-refractivity contribution is -0.130. The zero-order valence-electron chi connectivity index (χ0n) is 12.4. The maximum Gasteiger partial charge on any atom is 0.259 e. The van der Waals surface area contributed by atoms with E-state index >= 15 is 0 Å². The molecule has 106 valence electrons. The molecule has 5 heteroatoms. The lowest BCUT2D eigenvalue weighted by Crippen LogP contribution is -2.35. The van der Waals surface area contributed by atoms with Gasteiger partial charge in [0.2, 0.25) is 0 Å². The van der Waals surface area contributed by atoms with Crippen molar-refractivity contribution in [2.75, 3.05) is 20.7 Å². The third kappa shape index (κ3) is 6.20. The second kappa shape index (κ2) is 6.52. The molecule has 1 amide bonds. The molecule has 0 bridgehead atoms. The van der Waals surface area contributed by atoms with Crippen molar-refractivity contribution in [3.8, 4) is 5.75 Å². The molecule has 1 aromatic rings. The number of carbonyl (C=O) groups is 1. The summed E-state index contributed by atoms with van der Waals surface area (Å²) >= 11 is 0. The Bertz CT molecular complexity index is 408. The maximum atomic E-state index is 11.4. The van der Waals surface area contributed by atoms with Crippen LogP contribution in [0, 0.1) is 0 Å². The van der Waals surface area contributed by atoms with Crippen molar-refractivity contribution in [1.82, 2.24) is 15.2 Å². The van der Waals surface area contributed by atoms with E-state index in [0.717, 1.165) is 5.69 Å². The van der Waals surface area contributed by atoms with E-state index in [1.165, 1.54) is 4.90 Å². The number of nitrogens with one attached hydrogen (secondary N) is 1. The van der Waals surface area contributed by atoms with Gasteiger partial charge in [0.05, 0.1) is 11.9 Å². The quantitative estimate of drug-likeness (QED) is 0.875. The average Bonchev–Trinajstić information content (AvgIpc) is 2.33. The summed E-state index contributed by atoms with van der Waals surface area (Å²) in [5, 5.41) is 3.36. The number of carbonyl (C=O) groups excluding carboxylic acids is 1. The van der Waals surface area contributed by atoms with Gasteiger partial charge in [-0.1, -0.05) is 0 Å². The Hall–Kier alpha value is -1.62. The summed E-state index contributed by atoms with van der Waals surface area (Å²) in [6.45, 7) is 7.07. The van der Waals surface area contributed by atoms with Crippen LogP contribution in [-0.4, -0.2) is 42.0 Å². The Balaban J connectivity index is 2.46. The van der Waals surface area contributed by atoms with Crippen LogP contribution in [0.3, 0.4) is 0 Å². The molecule has 0 saturated heterocycles. The summed E-state index contributed by atoms with van der Waals surface area (Å²) < 4.78 is 5.36. The lowest BCUT2D eigenvalue weighted by atomic mass is 10.1. The second-order valence-electron chi connectivity index (χ2n) is 5.67. The third-order valence-electron chi connectivity index (χ3n) is 2.46. The number of hydrogen-bond donors (Lipinski definition) is 1. The fraction of sp³-hybridized carbons (Fsp3) is 0.571. The molecule has 1 N–H and O–H groups in total. The smallest absolute Gasteiger partial charge is 0.259 e. The minimum absolute atomic E-state index is 0.0360. The van der Waals surface area contributed by atoms with Gasteiger partial charge in [-0.3, -0.25) is 9.78 Å². The van der Waals surface area contributed by atoms with Crippen molar-refractivity contribution in [3.05, 3.63) is 24.0 Å². The molecule has 1 rings (SSSR count). The first-order valence-electron chi connectivity index (χ1n) is 6.31. The van der Waals surface area contributed by atoms with Crippen LogP contribution >= 0.6 is 0 Å². The van der Waals surface area contributed by atoms with Crippen molar-refractivity contribution in [3.63, 3.8) is 0 Å². The van der Waals surface area contributed by atoms with Crippen LogP contribution in [0.5, 0.6) is 5.75 Å². The third-order valence-corrected chi connectivity index (χ3v) is 2.46. The first kappa shape index (κ1) is 15.4. The van der Waals surface area contributed by atoms with Crippen LogP contribution in [0.1, 0.15) is 26.5 Å². The normalized spacial score (nSPS) is 11.2. The van der Waals surface area contributed by atoms with Crippen LogP contribution in [0.25, 0.3) is 0 Å². The van der Waals surface area contributed by atoms with Crippen LogP contribution < -0.4 is 10.1 Å². The Labute approximate surface area is 115 Å². The summed E-state index contributed by atoms with van der Waals surface area (Å²) in [5.74, 6) is 0.535. The van der Waals surface area contributed by atoms with Gasteiger partial charge in [0, 0.05) is 26.2 Å². The van der Waals surface area contributed by atoms with E-state index < -0.39 is 0 Å². The van der Waals surface area contributed by atoms with E-state index in [4.69, 9.17) is 4.74 Å². The zero-order chi connectivity index (χ0) is 14.5. The Kier molecular flexibility index (Phi) is 5.30. The SMILES string of the molecule is CN(C)C(=O)COc1ccc(CNC(C)(C)C)nc1. The predicted molar refractivity (Wildman–Crippen MR) is 75.0 cm³/mol. The average molecular weight is 265 g/mol. The van der Waals surface area contributed by atoms with Crippen LogP contribution in [0.2, 0.25) is 0 Å². The van der Waals surface area contributed by atoms with Gasteiger partial charge in [0.1, 0.15) is 5.75 Å². The van der Waals surface area contributed by atoms with Crippen LogP contribution in [0.4, 0.5) is 0 Å². The van der Waals surface area contributed by atoms with E-state index in [1.807, 2.05) is 12.1 Å². The molecule has 0 aliphatic carbocycles. The number of aromatic nitrogens is 1. The van der Waals surface area contributed by atoms with Gasteiger partial charge in [-0.15, -0.1) is 0 Å². The number of rotatable bonds is 5. The molecule has 19 heavy (non-hydrogen) atoms. The molecule has 0 spiro atoms. The number of amides is 1. The Morgan fingerprint density at radius 2 is 2.05 bits per heavy atom. The van der Waals surface area contributed by atoms with Crippen molar-refractivity contribution in [2.24, 2.45) is 0 Å². The summed E-state index contributed by atoms with van der Waals surface area (Å²) in [5.41, 5.74) is 1.01. The summed E-state index contributed by atoms with van der Waals surface area (Å²) in [4.78, 5) is 17.2. The Morgan fingerprint density at radius 3 is 2.53 bits per heavy atom. The van der Waals surface area contributed by atoms with Crippen LogP contribution in [-0.2, 0) is 11.3 Å². The van der Waals surface area contributed by atoms with Crippen molar-refractivity contribution >= 4 is 5.91 Å². The van der Waals surface area contributed by atoms with E-state index in [0.29, 0.717) is 12.3 Å². The van der Waals surface area contributed by atoms with Crippen LogP contribution in [0.15, 0.2) is 18.3 Å². The predicted octanol–water partition coefficient (Wildman–Crippen LogP) is 1.44. The maximum absolute atomic E-state index is 11.4. The first-order valence-corrected chi connectivity index (χ1v) is 6.31. The van der Waals surface area contributed by atoms with Gasteiger partial charge in [-0.25, -0.2) is 0 Å². The molecule has 5 nitrogen and oxygen atoms in total. The van der Waals surface area contributed by atoms with Gasteiger partial charge in [0.25, 0.3) is 5.91 Å². The van der Waals surface area contributed by atoms with Gasteiger partial charge in [-0.05, 0) is 32.9 Å². The molecular weight excluding hydrogens is 242 g/mol. The highest BCUT2D eigenvalue weighted by atomic mass is 16.5. The van der Waals surface area contributed by atoms with E-state index in [9.17, 15) is 4.79 Å². The fourth-order valence-corrected chi connectivity index (χ4v) is 1.23. The molecule has 0 aromatic carbocycles. The molecule has 0 saturated carbocycles. The number of hydrogen-bond acceptors (Lipinski definition) is 4. The standard InChI is InChI=1S/C14H23N3O2/c1-14(2,3)16-8-11-6-7-12(9-15-11)19-10-13(18)17(4)5/h6-7,9,16H,8,10H2,1-5H3. The van der Waals surface area contributed by atoms with E-state index in [2.05, 4.69) is 31.1 Å². The van der Waals surface area contributed by atoms with Crippen molar-refractivity contribution in [2.45, 2.75) is 32.9 Å². The molecule has 0 unspecified atom stereocenters. The summed E-state index contributed by atoms with van der Waals surface area (Å²) in [7, 11) is 3.40. The molecule has 0 aliphatic heterocycles. The van der Waals surface area contributed by atoms with Gasteiger partial charge < -0.3 is 15.0 Å². The second-order valence-corrected chi connectivity index (χ2v) is 5.67. The highest BCUT2D eigenvalue weighted by Gasteiger charge is 2.09. The van der Waals surface area contributed by atoms with Gasteiger partial charge in [0.15, 0.2) is 6.61 Å². The molecule has 0 aliphatic rings. The minimum Gasteiger partial charge on any atom is -0.482 e. The van der Waals surface area contributed by atoms with E-state index in [1.54, 1.807) is 20.3 Å². The molecule has 0 radical (unpaired) electrons. The lowest BCUT2D eigenvalue weighted by Gasteiger charge is -2.20. The number of nitrogens with zero attached hydrogens (tertiary/aromatic N) is 2.